The number of halogens is 1. The lowest BCUT2D eigenvalue weighted by Gasteiger charge is -2.02. The molecule has 0 saturated carbocycles. The van der Waals surface area contributed by atoms with E-state index in [2.05, 4.69) is 0 Å². The number of hydrogen-bond acceptors (Lipinski definition) is 5. The highest BCUT2D eigenvalue weighted by molar-refractivity contribution is 6.33. The summed E-state index contributed by atoms with van der Waals surface area (Å²) >= 11 is 5.93. The molecule has 2 rings (SSSR count). The Morgan fingerprint density at radius 2 is 2.12 bits per heavy atom. The zero-order valence-electron chi connectivity index (χ0n) is 12.6. The fraction of sp³-hybridized carbons (Fsp3) is 0.118. The van der Waals surface area contributed by atoms with Gasteiger partial charge in [0.05, 0.1) is 17.2 Å². The van der Waals surface area contributed by atoms with E-state index in [-0.39, 0.29) is 28.5 Å². The summed E-state index contributed by atoms with van der Waals surface area (Å²) in [6.07, 6.45) is 1.27. The molecule has 24 heavy (non-hydrogen) atoms. The van der Waals surface area contributed by atoms with E-state index in [1.807, 2.05) is 0 Å². The predicted molar refractivity (Wildman–Crippen MR) is 86.3 cm³/mol. The number of nitrogens with zero attached hydrogens (tertiary/aromatic N) is 1. The van der Waals surface area contributed by atoms with Gasteiger partial charge in [0, 0.05) is 11.6 Å². The van der Waals surface area contributed by atoms with E-state index >= 15 is 0 Å². The Labute approximate surface area is 142 Å². The van der Waals surface area contributed by atoms with Gasteiger partial charge in [-0.2, -0.15) is 5.26 Å². The van der Waals surface area contributed by atoms with E-state index in [4.69, 9.17) is 31.1 Å². The van der Waals surface area contributed by atoms with E-state index in [9.17, 15) is 9.59 Å². The highest BCUT2D eigenvalue weighted by atomic mass is 35.5. The second-order valence-electron chi connectivity index (χ2n) is 4.59. The molecule has 0 unspecified atom stereocenters. The van der Waals surface area contributed by atoms with Crippen LogP contribution in [0, 0.1) is 11.3 Å². The first kappa shape index (κ1) is 17.3. The third-order valence-electron chi connectivity index (χ3n) is 3.01. The Hall–Kier alpha value is -3.04. The summed E-state index contributed by atoms with van der Waals surface area (Å²) in [6.45, 7) is 1.80. The minimum absolute atomic E-state index is 0.0128. The normalized spacial score (nSPS) is 11.0. The molecule has 1 aromatic heterocycles. The minimum atomic E-state index is -1.12. The molecule has 1 aromatic carbocycles. The van der Waals surface area contributed by atoms with Crippen molar-refractivity contribution in [3.8, 4) is 17.4 Å². The van der Waals surface area contributed by atoms with Crippen LogP contribution in [0.1, 0.15) is 23.0 Å². The number of furan rings is 1. The number of carbonyl (C=O) groups is 2. The highest BCUT2D eigenvalue weighted by Crippen LogP contribution is 2.28. The second-order valence-corrected chi connectivity index (χ2v) is 5.00. The van der Waals surface area contributed by atoms with Crippen molar-refractivity contribution in [1.82, 2.24) is 0 Å². The second kappa shape index (κ2) is 7.49. The molecule has 1 heterocycles. The SMILES string of the molecule is CCOC(=O)/C(C#N)=C/c1ccc(-c2ccc(C(=O)O)c(Cl)c2)o1. The van der Waals surface area contributed by atoms with Crippen LogP contribution in [0.5, 0.6) is 0 Å². The number of carboxylic acids is 1. The molecule has 122 valence electrons. The quantitative estimate of drug-likeness (QED) is 0.503. The molecule has 0 atom stereocenters. The summed E-state index contributed by atoms with van der Waals surface area (Å²) < 4.78 is 10.3. The van der Waals surface area contributed by atoms with Crippen LogP contribution >= 0.6 is 11.6 Å². The lowest BCUT2D eigenvalue weighted by Crippen LogP contribution is -2.05. The zero-order chi connectivity index (χ0) is 17.7. The maximum absolute atomic E-state index is 11.6. The molecular weight excluding hydrogens is 334 g/mol. The number of aromatic carboxylic acids is 1. The molecular formula is C17H12ClNO5. The molecule has 0 saturated heterocycles. The van der Waals surface area contributed by atoms with E-state index in [1.165, 1.54) is 18.2 Å². The van der Waals surface area contributed by atoms with Crippen molar-refractivity contribution in [2.45, 2.75) is 6.92 Å². The zero-order valence-corrected chi connectivity index (χ0v) is 13.3. The average molecular weight is 346 g/mol. The van der Waals surface area contributed by atoms with Crippen molar-refractivity contribution in [2.24, 2.45) is 0 Å². The molecule has 0 amide bonds. The Bertz CT molecular complexity index is 860. The largest absolute Gasteiger partial charge is 0.478 e. The molecule has 0 radical (unpaired) electrons. The Morgan fingerprint density at radius 3 is 2.71 bits per heavy atom. The summed E-state index contributed by atoms with van der Waals surface area (Å²) in [5.41, 5.74) is 0.373. The summed E-state index contributed by atoms with van der Waals surface area (Å²) in [5, 5.41) is 18.0. The smallest absolute Gasteiger partial charge is 0.349 e. The first-order valence-electron chi connectivity index (χ1n) is 6.88. The first-order chi connectivity index (χ1) is 11.5. The van der Waals surface area contributed by atoms with Crippen LogP contribution < -0.4 is 0 Å². The molecule has 2 aromatic rings. The number of ether oxygens (including phenoxy) is 1. The van der Waals surface area contributed by atoms with Crippen LogP contribution in [0.25, 0.3) is 17.4 Å². The number of rotatable bonds is 5. The number of carbonyl (C=O) groups excluding carboxylic acids is 1. The Morgan fingerprint density at radius 1 is 1.38 bits per heavy atom. The average Bonchev–Trinajstić information content (AvgIpc) is 3.01. The topological polar surface area (TPSA) is 101 Å². The summed E-state index contributed by atoms with van der Waals surface area (Å²) in [7, 11) is 0. The van der Waals surface area contributed by atoms with Gasteiger partial charge in [0.25, 0.3) is 0 Å². The monoisotopic (exact) mass is 345 g/mol. The van der Waals surface area contributed by atoms with Gasteiger partial charge in [0.15, 0.2) is 0 Å². The maximum atomic E-state index is 11.6. The summed E-state index contributed by atoms with van der Waals surface area (Å²) in [6, 6.07) is 9.34. The van der Waals surface area contributed by atoms with Crippen LogP contribution in [-0.2, 0) is 9.53 Å². The third kappa shape index (κ3) is 3.83. The van der Waals surface area contributed by atoms with Crippen molar-refractivity contribution >= 4 is 29.6 Å². The molecule has 0 aliphatic rings. The van der Waals surface area contributed by atoms with Crippen molar-refractivity contribution < 1.29 is 23.8 Å². The molecule has 0 fully saturated rings. The Balaban J connectivity index is 2.31. The van der Waals surface area contributed by atoms with Gasteiger partial charge >= 0.3 is 11.9 Å². The summed E-state index contributed by atoms with van der Waals surface area (Å²) in [4.78, 5) is 22.5. The minimum Gasteiger partial charge on any atom is -0.478 e. The maximum Gasteiger partial charge on any atom is 0.349 e. The number of esters is 1. The Kier molecular flexibility index (Phi) is 5.40. The molecule has 0 spiro atoms. The van der Waals surface area contributed by atoms with Gasteiger partial charge in [0.1, 0.15) is 23.2 Å². The molecule has 0 aliphatic heterocycles. The number of hydrogen-bond donors (Lipinski definition) is 1. The van der Waals surface area contributed by atoms with Gasteiger partial charge in [-0.1, -0.05) is 17.7 Å². The van der Waals surface area contributed by atoms with Crippen molar-refractivity contribution in [1.29, 1.82) is 5.26 Å². The third-order valence-corrected chi connectivity index (χ3v) is 3.33. The number of nitriles is 1. The molecule has 1 N–H and O–H groups in total. The van der Waals surface area contributed by atoms with Crippen LogP contribution in [0.15, 0.2) is 40.3 Å². The number of carboxylic acid groups (broad SMARTS) is 1. The van der Waals surface area contributed by atoms with Gasteiger partial charge in [0.2, 0.25) is 0 Å². The van der Waals surface area contributed by atoms with Crippen LogP contribution in [0.2, 0.25) is 5.02 Å². The van der Waals surface area contributed by atoms with Gasteiger partial charge in [-0.3, -0.25) is 0 Å². The molecule has 0 bridgehead atoms. The van der Waals surface area contributed by atoms with Crippen molar-refractivity contribution in [3.63, 3.8) is 0 Å². The van der Waals surface area contributed by atoms with E-state index in [0.717, 1.165) is 0 Å². The van der Waals surface area contributed by atoms with Crippen molar-refractivity contribution in [2.75, 3.05) is 6.61 Å². The van der Waals surface area contributed by atoms with Crippen LogP contribution in [-0.4, -0.2) is 23.7 Å². The van der Waals surface area contributed by atoms with E-state index < -0.39 is 11.9 Å². The van der Waals surface area contributed by atoms with Gasteiger partial charge in [-0.05, 0) is 31.2 Å². The first-order valence-corrected chi connectivity index (χ1v) is 7.26. The molecule has 0 aliphatic carbocycles. The van der Waals surface area contributed by atoms with Crippen LogP contribution in [0.3, 0.4) is 0 Å². The van der Waals surface area contributed by atoms with E-state index in [0.29, 0.717) is 11.3 Å². The van der Waals surface area contributed by atoms with Gasteiger partial charge in [-0.25, -0.2) is 9.59 Å². The predicted octanol–water partition coefficient (Wildman–Crippen LogP) is 3.77. The van der Waals surface area contributed by atoms with Crippen molar-refractivity contribution in [3.05, 3.63) is 52.3 Å². The molecule has 7 heteroatoms. The standard InChI is InChI=1S/C17H12ClNO5/c1-2-23-17(22)11(9-19)7-12-4-6-15(24-12)10-3-5-13(16(20)21)14(18)8-10/h3-8H,2H2,1H3,(H,20,21)/b11-7+. The van der Waals surface area contributed by atoms with E-state index in [1.54, 1.807) is 31.2 Å². The van der Waals surface area contributed by atoms with Crippen LogP contribution in [0.4, 0.5) is 0 Å². The fourth-order valence-corrected chi connectivity index (χ4v) is 2.18. The molecule has 6 nitrogen and oxygen atoms in total. The van der Waals surface area contributed by atoms with Gasteiger partial charge in [-0.15, -0.1) is 0 Å². The lowest BCUT2D eigenvalue weighted by atomic mass is 10.1. The van der Waals surface area contributed by atoms with Gasteiger partial charge < -0.3 is 14.3 Å². The number of benzene rings is 1. The lowest BCUT2D eigenvalue weighted by molar-refractivity contribution is -0.137. The fourth-order valence-electron chi connectivity index (χ4n) is 1.92. The summed E-state index contributed by atoms with van der Waals surface area (Å²) in [5.74, 6) is -1.15. The highest BCUT2D eigenvalue weighted by Gasteiger charge is 2.13.